The fourth-order valence-electron chi connectivity index (χ4n) is 4.58. The maximum atomic E-state index is 13.2. The van der Waals surface area contributed by atoms with Crippen molar-refractivity contribution in [1.29, 1.82) is 0 Å². The molecule has 2 heterocycles. The number of nitrogens with one attached hydrogen (secondary N) is 1. The first-order valence-corrected chi connectivity index (χ1v) is 9.27. The van der Waals surface area contributed by atoms with Gasteiger partial charge >= 0.3 is 5.97 Å². The van der Waals surface area contributed by atoms with Gasteiger partial charge in [-0.1, -0.05) is 29.8 Å². The van der Waals surface area contributed by atoms with Crippen molar-refractivity contribution in [2.75, 3.05) is 19.6 Å². The van der Waals surface area contributed by atoms with E-state index in [-0.39, 0.29) is 16.7 Å². The van der Waals surface area contributed by atoms with Crippen LogP contribution in [0.2, 0.25) is 0 Å². The lowest BCUT2D eigenvalue weighted by Gasteiger charge is -2.40. The molecule has 2 saturated heterocycles. The minimum atomic E-state index is -0.758. The van der Waals surface area contributed by atoms with E-state index in [2.05, 4.69) is 36.5 Å². The summed E-state index contributed by atoms with van der Waals surface area (Å²) in [6.45, 7) is 4.32. The maximum absolute atomic E-state index is 13.2. The number of carbonyl (C=O) groups is 2. The highest BCUT2D eigenvalue weighted by Gasteiger charge is 2.54. The lowest BCUT2D eigenvalue weighted by atomic mass is 9.76. The number of likely N-dealkylation sites (tertiary alicyclic amines) is 1. The van der Waals surface area contributed by atoms with E-state index in [0.717, 1.165) is 50.9 Å². The Bertz CT molecular complexity index is 685. The van der Waals surface area contributed by atoms with E-state index < -0.39 is 12.0 Å². The van der Waals surface area contributed by atoms with Crippen LogP contribution in [0.25, 0.3) is 0 Å². The van der Waals surface area contributed by atoms with Crippen molar-refractivity contribution in [3.8, 4) is 0 Å². The van der Waals surface area contributed by atoms with Gasteiger partial charge < -0.3 is 15.3 Å². The van der Waals surface area contributed by atoms with E-state index in [1.54, 1.807) is 0 Å². The lowest BCUT2D eigenvalue weighted by Crippen LogP contribution is -2.47. The summed E-state index contributed by atoms with van der Waals surface area (Å²) >= 11 is 0. The van der Waals surface area contributed by atoms with Crippen LogP contribution in [-0.2, 0) is 15.0 Å². The molecule has 3 fully saturated rings. The molecular weight excluding hydrogens is 316 g/mol. The number of aryl methyl sites for hydroxylation is 1. The second-order valence-corrected chi connectivity index (χ2v) is 8.22. The zero-order chi connectivity index (χ0) is 17.7. The molecule has 1 saturated carbocycles. The van der Waals surface area contributed by atoms with Crippen LogP contribution in [0.4, 0.5) is 0 Å². The Morgan fingerprint density at radius 2 is 1.76 bits per heavy atom. The molecule has 3 aliphatic rings. The number of aliphatic carboxylic acids is 1. The average molecular weight is 342 g/mol. The molecule has 5 heteroatoms. The first kappa shape index (κ1) is 16.6. The molecule has 2 aliphatic heterocycles. The van der Waals surface area contributed by atoms with Crippen LogP contribution in [0.3, 0.4) is 0 Å². The van der Waals surface area contributed by atoms with Crippen LogP contribution in [0.1, 0.15) is 43.2 Å². The standard InChI is InChI=1S/C20H26N2O3/c1-14-2-4-15(5-3-14)20(6-7-20)18(25)22-10-8-19(9-11-22)12-16(17(23)24)21-13-19/h2-5,16,21H,6-13H2,1H3,(H,23,24)/t16-/m0/s1. The van der Waals surface area contributed by atoms with E-state index in [4.69, 9.17) is 0 Å². The Morgan fingerprint density at radius 3 is 2.28 bits per heavy atom. The van der Waals surface area contributed by atoms with Crippen LogP contribution in [0.5, 0.6) is 0 Å². The molecule has 25 heavy (non-hydrogen) atoms. The normalized spacial score (nSPS) is 26.6. The van der Waals surface area contributed by atoms with E-state index in [9.17, 15) is 14.7 Å². The molecule has 1 aromatic rings. The summed E-state index contributed by atoms with van der Waals surface area (Å²) in [5.41, 5.74) is 2.13. The van der Waals surface area contributed by atoms with Crippen molar-refractivity contribution in [1.82, 2.24) is 10.2 Å². The Labute approximate surface area is 148 Å². The average Bonchev–Trinajstić information content (AvgIpc) is 3.32. The molecule has 1 atom stereocenters. The summed E-state index contributed by atoms with van der Waals surface area (Å²) in [6.07, 6.45) is 4.38. The molecule has 134 valence electrons. The van der Waals surface area contributed by atoms with Gasteiger partial charge in [-0.05, 0) is 50.0 Å². The first-order valence-electron chi connectivity index (χ1n) is 9.27. The predicted molar refractivity (Wildman–Crippen MR) is 94.4 cm³/mol. The number of benzene rings is 1. The second-order valence-electron chi connectivity index (χ2n) is 8.22. The summed E-state index contributed by atoms with van der Waals surface area (Å²) in [7, 11) is 0. The summed E-state index contributed by atoms with van der Waals surface area (Å²) in [5, 5.41) is 12.3. The molecule has 0 radical (unpaired) electrons. The number of hydrogen-bond acceptors (Lipinski definition) is 3. The van der Waals surface area contributed by atoms with Gasteiger partial charge in [-0.25, -0.2) is 0 Å². The van der Waals surface area contributed by atoms with Gasteiger partial charge in [-0.2, -0.15) is 0 Å². The highest BCUT2D eigenvalue weighted by molar-refractivity contribution is 5.91. The fraction of sp³-hybridized carbons (Fsp3) is 0.600. The number of piperidine rings is 1. The number of rotatable bonds is 3. The van der Waals surface area contributed by atoms with E-state index in [0.29, 0.717) is 6.42 Å². The van der Waals surface area contributed by atoms with Gasteiger partial charge in [0, 0.05) is 19.6 Å². The molecule has 4 rings (SSSR count). The quantitative estimate of drug-likeness (QED) is 0.882. The van der Waals surface area contributed by atoms with Crippen LogP contribution >= 0.6 is 0 Å². The topological polar surface area (TPSA) is 69.6 Å². The molecule has 5 nitrogen and oxygen atoms in total. The van der Waals surface area contributed by atoms with Gasteiger partial charge in [-0.15, -0.1) is 0 Å². The zero-order valence-electron chi connectivity index (χ0n) is 14.8. The van der Waals surface area contributed by atoms with Crippen molar-refractivity contribution in [2.45, 2.75) is 50.5 Å². The molecule has 0 aromatic heterocycles. The molecule has 1 spiro atoms. The maximum Gasteiger partial charge on any atom is 0.320 e. The molecule has 1 aromatic carbocycles. The summed E-state index contributed by atoms with van der Waals surface area (Å²) < 4.78 is 0. The van der Waals surface area contributed by atoms with Crippen LogP contribution in [0.15, 0.2) is 24.3 Å². The van der Waals surface area contributed by atoms with Gasteiger partial charge in [0.1, 0.15) is 6.04 Å². The highest BCUT2D eigenvalue weighted by Crippen LogP contribution is 2.50. The Morgan fingerprint density at radius 1 is 1.12 bits per heavy atom. The molecule has 1 aliphatic carbocycles. The highest BCUT2D eigenvalue weighted by atomic mass is 16.4. The number of carboxylic acid groups (broad SMARTS) is 1. The zero-order valence-corrected chi connectivity index (χ0v) is 14.8. The number of carboxylic acids is 1. The Balaban J connectivity index is 1.42. The molecule has 2 N–H and O–H groups in total. The molecular formula is C20H26N2O3. The third kappa shape index (κ3) is 2.84. The van der Waals surface area contributed by atoms with Gasteiger partial charge in [0.2, 0.25) is 5.91 Å². The van der Waals surface area contributed by atoms with Gasteiger partial charge in [-0.3, -0.25) is 9.59 Å². The molecule has 0 bridgehead atoms. The van der Waals surface area contributed by atoms with Gasteiger partial charge in [0.15, 0.2) is 0 Å². The number of nitrogens with zero attached hydrogens (tertiary/aromatic N) is 1. The summed E-state index contributed by atoms with van der Waals surface area (Å²) in [6, 6.07) is 7.95. The van der Waals surface area contributed by atoms with Crippen molar-refractivity contribution in [2.24, 2.45) is 5.41 Å². The van der Waals surface area contributed by atoms with Crippen LogP contribution in [0, 0.1) is 12.3 Å². The number of carbonyl (C=O) groups excluding carboxylic acids is 1. The van der Waals surface area contributed by atoms with Crippen LogP contribution in [-0.4, -0.2) is 47.6 Å². The van der Waals surface area contributed by atoms with Crippen molar-refractivity contribution in [3.05, 3.63) is 35.4 Å². The van der Waals surface area contributed by atoms with Crippen molar-refractivity contribution >= 4 is 11.9 Å². The van der Waals surface area contributed by atoms with Crippen molar-refractivity contribution < 1.29 is 14.7 Å². The third-order valence-corrected chi connectivity index (χ3v) is 6.53. The molecule has 1 amide bonds. The van der Waals surface area contributed by atoms with E-state index >= 15 is 0 Å². The summed E-state index contributed by atoms with van der Waals surface area (Å²) in [4.78, 5) is 26.4. The monoisotopic (exact) mass is 342 g/mol. The SMILES string of the molecule is Cc1ccc(C2(C(=O)N3CCC4(CC3)CN[C@H](C(=O)O)C4)CC2)cc1. The lowest BCUT2D eigenvalue weighted by molar-refractivity contribution is -0.140. The van der Waals surface area contributed by atoms with E-state index in [1.807, 2.05) is 4.90 Å². The third-order valence-electron chi connectivity index (χ3n) is 6.53. The first-order chi connectivity index (χ1) is 11.9. The Kier molecular flexibility index (Phi) is 3.87. The predicted octanol–water partition coefficient (Wildman–Crippen LogP) is 2.08. The fourth-order valence-corrected chi connectivity index (χ4v) is 4.58. The number of amides is 1. The van der Waals surface area contributed by atoms with Crippen molar-refractivity contribution in [3.63, 3.8) is 0 Å². The largest absolute Gasteiger partial charge is 0.480 e. The minimum absolute atomic E-state index is 0.0560. The minimum Gasteiger partial charge on any atom is -0.480 e. The van der Waals surface area contributed by atoms with Gasteiger partial charge in [0.05, 0.1) is 5.41 Å². The second kappa shape index (κ2) is 5.84. The summed E-state index contributed by atoms with van der Waals surface area (Å²) in [5.74, 6) is -0.487. The smallest absolute Gasteiger partial charge is 0.320 e. The van der Waals surface area contributed by atoms with Crippen LogP contribution < -0.4 is 5.32 Å². The van der Waals surface area contributed by atoms with E-state index in [1.165, 1.54) is 5.56 Å². The van der Waals surface area contributed by atoms with Gasteiger partial charge in [0.25, 0.3) is 0 Å². The molecule has 0 unspecified atom stereocenters. The Hall–Kier alpha value is -1.88. The number of hydrogen-bond donors (Lipinski definition) is 2.